The predicted molar refractivity (Wildman–Crippen MR) is 97.2 cm³/mol. The van der Waals surface area contributed by atoms with Crippen LogP contribution < -0.4 is 5.32 Å². The van der Waals surface area contributed by atoms with Crippen LogP contribution in [0.3, 0.4) is 0 Å². The van der Waals surface area contributed by atoms with Crippen LogP contribution in [-0.4, -0.2) is 38.3 Å². The molecular weight excluding hydrogens is 325 g/mol. The van der Waals surface area contributed by atoms with Gasteiger partial charge in [0.1, 0.15) is 6.17 Å². The van der Waals surface area contributed by atoms with Crippen molar-refractivity contribution in [3.05, 3.63) is 35.9 Å². The summed E-state index contributed by atoms with van der Waals surface area (Å²) >= 11 is 0. The van der Waals surface area contributed by atoms with Crippen LogP contribution in [0.5, 0.6) is 0 Å². The van der Waals surface area contributed by atoms with Crippen LogP contribution in [0.25, 0.3) is 0 Å². The number of rotatable bonds is 8. The second-order valence-corrected chi connectivity index (χ2v) is 12.4. The average Bonchev–Trinajstić information content (AvgIpc) is 2.51. The molecule has 1 aromatic carbocycles. The van der Waals surface area contributed by atoms with Crippen LogP contribution in [-0.2, 0) is 4.43 Å². The molecule has 0 spiro atoms. The lowest BCUT2D eigenvalue weighted by Gasteiger charge is -2.36. The van der Waals surface area contributed by atoms with Crippen LogP contribution >= 0.6 is 0 Å². The molecule has 1 aromatic rings. The number of aliphatic hydroxyl groups excluding tert-OH is 1. The number of halogens is 1. The van der Waals surface area contributed by atoms with Gasteiger partial charge < -0.3 is 14.8 Å². The van der Waals surface area contributed by atoms with Crippen molar-refractivity contribution in [2.75, 3.05) is 6.61 Å². The Balaban J connectivity index is 2.35. The minimum Gasteiger partial charge on any atom is -0.417 e. The van der Waals surface area contributed by atoms with Gasteiger partial charge in [0.25, 0.3) is 5.91 Å². The number of aliphatic hydroxyl groups is 1. The fourth-order valence-corrected chi connectivity index (χ4v) is 2.97. The molecule has 136 valence electrons. The third-order valence-electron chi connectivity index (χ3n) is 4.55. The van der Waals surface area contributed by atoms with E-state index in [-0.39, 0.29) is 11.5 Å². The molecule has 2 N–H and O–H groups in total. The van der Waals surface area contributed by atoms with Crippen molar-refractivity contribution < 1.29 is 18.7 Å². The Hall–Kier alpha value is -1.24. The normalized spacial score (nSPS) is 15.0. The Morgan fingerprint density at radius 1 is 1.29 bits per heavy atom. The van der Waals surface area contributed by atoms with Crippen LogP contribution in [0.2, 0.25) is 18.1 Å². The monoisotopic (exact) mass is 355 g/mol. The number of hydrogen-bond donors (Lipinski definition) is 2. The second kappa shape index (κ2) is 8.74. The van der Waals surface area contributed by atoms with Gasteiger partial charge in [-0.05, 0) is 43.1 Å². The van der Waals surface area contributed by atoms with Crippen molar-refractivity contribution in [3.63, 3.8) is 0 Å². The summed E-state index contributed by atoms with van der Waals surface area (Å²) in [6.07, 6.45) is -2.37. The molecule has 1 amide bonds. The summed E-state index contributed by atoms with van der Waals surface area (Å²) in [5, 5.41) is 12.2. The molecule has 0 saturated heterocycles. The highest BCUT2D eigenvalue weighted by atomic mass is 28.4. The summed E-state index contributed by atoms with van der Waals surface area (Å²) in [5.41, 5.74) is 0.394. The minimum atomic E-state index is -1.83. The Labute approximate surface area is 145 Å². The predicted octanol–water partition coefficient (Wildman–Crippen LogP) is 3.87. The number of nitrogens with one attached hydrogen (secondary N) is 1. The van der Waals surface area contributed by atoms with Crippen molar-refractivity contribution in [2.24, 2.45) is 0 Å². The molecular formula is C18H30FNO3Si. The molecule has 0 aliphatic heterocycles. The first kappa shape index (κ1) is 20.8. The zero-order valence-electron chi connectivity index (χ0n) is 15.3. The van der Waals surface area contributed by atoms with Crippen molar-refractivity contribution in [1.82, 2.24) is 5.32 Å². The summed E-state index contributed by atoms with van der Waals surface area (Å²) in [6.45, 7) is 11.2. The number of carbonyl (C=O) groups excluding carboxylic acids is 1. The number of alkyl halides is 1. The van der Waals surface area contributed by atoms with Crippen LogP contribution in [0.1, 0.15) is 44.0 Å². The largest absolute Gasteiger partial charge is 0.417 e. The molecule has 0 aliphatic carbocycles. The van der Waals surface area contributed by atoms with E-state index in [9.17, 15) is 14.3 Å². The summed E-state index contributed by atoms with van der Waals surface area (Å²) in [6, 6.07) is 8.44. The Morgan fingerprint density at radius 2 is 1.88 bits per heavy atom. The maximum absolute atomic E-state index is 14.0. The third-order valence-corrected chi connectivity index (χ3v) is 9.09. The van der Waals surface area contributed by atoms with Crippen molar-refractivity contribution in [2.45, 2.75) is 64.1 Å². The topological polar surface area (TPSA) is 58.6 Å². The number of amides is 1. The first-order valence-corrected chi connectivity index (χ1v) is 11.3. The summed E-state index contributed by atoms with van der Waals surface area (Å²) in [5.74, 6) is -0.483. The first-order valence-electron chi connectivity index (χ1n) is 8.36. The molecule has 0 fully saturated rings. The van der Waals surface area contributed by atoms with E-state index in [1.807, 2.05) is 0 Å². The van der Waals surface area contributed by atoms with E-state index in [0.717, 1.165) is 0 Å². The number of benzene rings is 1. The highest BCUT2D eigenvalue weighted by Crippen LogP contribution is 2.36. The number of carbonyl (C=O) groups is 1. The summed E-state index contributed by atoms with van der Waals surface area (Å²) in [4.78, 5) is 11.9. The fraction of sp³-hybridized carbons (Fsp3) is 0.611. The van der Waals surface area contributed by atoms with E-state index in [1.54, 1.807) is 30.3 Å². The lowest BCUT2D eigenvalue weighted by atomic mass is 10.1. The van der Waals surface area contributed by atoms with E-state index < -0.39 is 26.6 Å². The third kappa shape index (κ3) is 6.34. The van der Waals surface area contributed by atoms with Gasteiger partial charge in [-0.2, -0.15) is 0 Å². The maximum atomic E-state index is 14.0. The zero-order chi connectivity index (χ0) is 18.4. The molecule has 6 heteroatoms. The van der Waals surface area contributed by atoms with Gasteiger partial charge in [-0.15, -0.1) is 0 Å². The highest BCUT2D eigenvalue weighted by Gasteiger charge is 2.36. The van der Waals surface area contributed by atoms with Crippen LogP contribution in [0, 0.1) is 0 Å². The Bertz CT molecular complexity index is 517. The lowest BCUT2D eigenvalue weighted by molar-refractivity contribution is 0.0373. The lowest BCUT2D eigenvalue weighted by Crippen LogP contribution is -2.42. The van der Waals surface area contributed by atoms with Gasteiger partial charge in [0.05, 0.1) is 0 Å². The molecule has 1 rings (SSSR count). The molecule has 4 nitrogen and oxygen atoms in total. The molecule has 0 aromatic heterocycles. The highest BCUT2D eigenvalue weighted by molar-refractivity contribution is 6.74. The quantitative estimate of drug-likeness (QED) is 0.423. The molecule has 0 saturated carbocycles. The molecule has 0 radical (unpaired) electrons. The van der Waals surface area contributed by atoms with Gasteiger partial charge in [0, 0.05) is 12.2 Å². The molecule has 0 aliphatic rings. The zero-order valence-corrected chi connectivity index (χ0v) is 16.3. The van der Waals surface area contributed by atoms with Crippen LogP contribution in [0.15, 0.2) is 30.3 Å². The van der Waals surface area contributed by atoms with Crippen LogP contribution in [0.4, 0.5) is 4.39 Å². The van der Waals surface area contributed by atoms with Gasteiger partial charge in [-0.1, -0.05) is 39.0 Å². The second-order valence-electron chi connectivity index (χ2n) is 7.55. The van der Waals surface area contributed by atoms with Gasteiger partial charge in [0.2, 0.25) is 0 Å². The first-order chi connectivity index (χ1) is 11.0. The molecule has 24 heavy (non-hydrogen) atoms. The Kier molecular flexibility index (Phi) is 7.57. The van der Waals surface area contributed by atoms with Gasteiger partial charge in [0.15, 0.2) is 14.5 Å². The smallest absolute Gasteiger partial charge is 0.253 e. The molecule has 0 heterocycles. The molecule has 2 atom stereocenters. The number of hydrogen-bond acceptors (Lipinski definition) is 3. The minimum absolute atomic E-state index is 0.116. The Morgan fingerprint density at radius 3 is 2.42 bits per heavy atom. The van der Waals surface area contributed by atoms with E-state index >= 15 is 0 Å². The van der Waals surface area contributed by atoms with E-state index in [0.29, 0.717) is 18.6 Å². The van der Waals surface area contributed by atoms with E-state index in [1.165, 1.54) is 0 Å². The van der Waals surface area contributed by atoms with Crippen molar-refractivity contribution >= 4 is 14.2 Å². The van der Waals surface area contributed by atoms with E-state index in [4.69, 9.17) is 4.43 Å². The molecule has 0 bridgehead atoms. The molecule has 0 unspecified atom stereocenters. The standard InChI is InChI=1S/C18H30FNO3Si/c1-18(2,3)24(4,5)23-13-9-12-15(19)17(22)20-16(21)14-10-7-6-8-11-14/h6-8,10-11,15,17,22H,9,12-13H2,1-5H3,(H,20,21)/t15-,17+/m0/s1. The van der Waals surface area contributed by atoms with Gasteiger partial charge in [-0.3, -0.25) is 4.79 Å². The van der Waals surface area contributed by atoms with Crippen molar-refractivity contribution in [3.8, 4) is 0 Å². The maximum Gasteiger partial charge on any atom is 0.253 e. The van der Waals surface area contributed by atoms with E-state index in [2.05, 4.69) is 39.2 Å². The fourth-order valence-electron chi connectivity index (χ4n) is 1.88. The van der Waals surface area contributed by atoms with Crippen molar-refractivity contribution in [1.29, 1.82) is 0 Å². The summed E-state index contributed by atoms with van der Waals surface area (Å²) < 4.78 is 20.0. The van der Waals surface area contributed by atoms with Gasteiger partial charge in [-0.25, -0.2) is 4.39 Å². The van der Waals surface area contributed by atoms with Gasteiger partial charge >= 0.3 is 0 Å². The summed E-state index contributed by atoms with van der Waals surface area (Å²) in [7, 11) is -1.83. The average molecular weight is 356 g/mol. The SMILES string of the molecule is CC(C)(C)[Si](C)(C)OCCC[C@H](F)[C@@H](O)NC(=O)c1ccccc1.